The molecule has 18 N–H and O–H groups in total. The van der Waals surface area contributed by atoms with Crippen LogP contribution in [0.3, 0.4) is 0 Å². The molecule has 18 heteroatoms. The van der Waals surface area contributed by atoms with Gasteiger partial charge in [-0.25, -0.2) is 0 Å². The summed E-state index contributed by atoms with van der Waals surface area (Å²) < 4.78 is 23.8. The van der Waals surface area contributed by atoms with Crippen LogP contribution in [0.15, 0.2) is 0 Å². The highest BCUT2D eigenvalue weighted by Gasteiger charge is 2.52. The van der Waals surface area contributed by atoms with E-state index in [0.29, 0.717) is 6.54 Å². The number of rotatable bonds is 13. The Balaban J connectivity index is 1.55. The monoisotopic (exact) mass is 640 g/mol. The molecule has 0 radical (unpaired) electrons. The predicted molar refractivity (Wildman–Crippen MR) is 151 cm³/mol. The zero-order valence-corrected chi connectivity index (χ0v) is 24.6. The quantitative estimate of drug-likeness (QED) is 0.0888. The van der Waals surface area contributed by atoms with Gasteiger partial charge in [0.1, 0.15) is 54.9 Å². The first kappa shape index (κ1) is 36.1. The van der Waals surface area contributed by atoms with Crippen molar-refractivity contribution in [3.63, 3.8) is 0 Å². The molecule has 2 saturated heterocycles. The van der Waals surface area contributed by atoms with Gasteiger partial charge in [-0.1, -0.05) is 0 Å². The van der Waals surface area contributed by atoms with Gasteiger partial charge in [-0.15, -0.1) is 0 Å². The van der Waals surface area contributed by atoms with Gasteiger partial charge < -0.3 is 93.4 Å². The van der Waals surface area contributed by atoms with Crippen molar-refractivity contribution in [1.82, 2.24) is 10.6 Å². The summed E-state index contributed by atoms with van der Waals surface area (Å²) in [6.45, 7) is -1.19. The Bertz CT molecular complexity index is 875. The maximum Gasteiger partial charge on any atom is 0.186 e. The third-order valence-electron chi connectivity index (χ3n) is 9.28. The maximum atomic E-state index is 11.6. The average Bonchev–Trinajstić information content (AvgIpc) is 2.99. The van der Waals surface area contributed by atoms with Gasteiger partial charge >= 0.3 is 0 Å². The van der Waals surface area contributed by atoms with E-state index in [-0.39, 0.29) is 24.9 Å². The fraction of sp³-hybridized carbons (Fsp3) is 1.00. The van der Waals surface area contributed by atoms with Gasteiger partial charge in [0.05, 0.1) is 37.9 Å². The molecule has 0 spiro atoms. The zero-order valence-electron chi connectivity index (χ0n) is 24.6. The predicted octanol–water partition coefficient (Wildman–Crippen LogP) is -7.97. The van der Waals surface area contributed by atoms with Gasteiger partial charge in [-0.05, 0) is 31.7 Å². The van der Waals surface area contributed by atoms with Gasteiger partial charge in [-0.3, -0.25) is 0 Å². The molecular formula is C26H52N6O12. The van der Waals surface area contributed by atoms with Crippen LogP contribution in [-0.2, 0) is 18.9 Å². The Morgan fingerprint density at radius 3 is 1.98 bits per heavy atom. The van der Waals surface area contributed by atoms with E-state index in [4.69, 9.17) is 41.9 Å². The van der Waals surface area contributed by atoms with Crippen molar-refractivity contribution < 1.29 is 59.8 Å². The van der Waals surface area contributed by atoms with Crippen molar-refractivity contribution in [1.29, 1.82) is 0 Å². The number of aliphatic hydroxyl groups excluding tert-OH is 8. The summed E-state index contributed by atoms with van der Waals surface area (Å²) in [5.74, 6) is 0.259. The summed E-state index contributed by atoms with van der Waals surface area (Å²) in [6, 6.07) is -4.57. The Morgan fingerprint density at radius 2 is 1.39 bits per heavy atom. The SMILES string of the molecule is NC[C@H]1O[C@H](OC2[C@@H](N)C[C@@H](NC(CO)CO)[C@H](O[C@H]3O[C@H](CO)[C@@H](O)[C@H](N)[C@H]3O)[C@H]2O)[C@H](NCC2CC(N)C2)[C@@H](O)[C@@H]1O. The molecule has 2 aliphatic carbocycles. The Morgan fingerprint density at radius 1 is 0.750 bits per heavy atom. The van der Waals surface area contributed by atoms with Crippen LogP contribution in [0, 0.1) is 5.92 Å². The van der Waals surface area contributed by atoms with Crippen molar-refractivity contribution in [2.45, 2.75) is 123 Å². The third-order valence-corrected chi connectivity index (χ3v) is 9.28. The molecule has 0 aromatic rings. The highest BCUT2D eigenvalue weighted by molar-refractivity contribution is 5.04. The van der Waals surface area contributed by atoms with Gasteiger partial charge in [-0.2, -0.15) is 0 Å². The highest BCUT2D eigenvalue weighted by Crippen LogP contribution is 2.33. The molecule has 0 aromatic carbocycles. The second-order valence-corrected chi connectivity index (χ2v) is 12.5. The van der Waals surface area contributed by atoms with Crippen LogP contribution in [0.5, 0.6) is 0 Å². The number of nitrogens with one attached hydrogen (secondary N) is 2. The summed E-state index contributed by atoms with van der Waals surface area (Å²) in [6.07, 6.45) is -12.8. The molecule has 4 aliphatic rings. The number of nitrogens with two attached hydrogens (primary N) is 4. The number of ether oxygens (including phenoxy) is 4. The zero-order chi connectivity index (χ0) is 32.3. The van der Waals surface area contributed by atoms with Crippen LogP contribution in [0.1, 0.15) is 19.3 Å². The summed E-state index contributed by atoms with van der Waals surface area (Å²) >= 11 is 0. The molecule has 0 aromatic heterocycles. The van der Waals surface area contributed by atoms with Crippen molar-refractivity contribution >= 4 is 0 Å². The molecule has 0 amide bonds. The van der Waals surface area contributed by atoms with Crippen molar-refractivity contribution in [3.8, 4) is 0 Å². The van der Waals surface area contributed by atoms with Gasteiger partial charge in [0.15, 0.2) is 12.6 Å². The first-order chi connectivity index (χ1) is 20.9. The lowest BCUT2D eigenvalue weighted by molar-refractivity contribution is -0.321. The van der Waals surface area contributed by atoms with Crippen LogP contribution in [-0.4, -0.2) is 178 Å². The van der Waals surface area contributed by atoms with E-state index in [1.54, 1.807) is 0 Å². The third kappa shape index (κ3) is 7.87. The first-order valence-corrected chi connectivity index (χ1v) is 15.2. The fourth-order valence-corrected chi connectivity index (χ4v) is 6.48. The minimum absolute atomic E-state index is 0.0695. The topological polar surface area (TPSA) is 327 Å². The molecule has 44 heavy (non-hydrogen) atoms. The van der Waals surface area contributed by atoms with E-state index >= 15 is 0 Å². The maximum absolute atomic E-state index is 11.6. The molecule has 258 valence electrons. The highest BCUT2D eigenvalue weighted by atomic mass is 16.7. The molecule has 4 rings (SSSR count). The normalized spacial score (nSPS) is 48.3. The van der Waals surface area contributed by atoms with Gasteiger partial charge in [0.25, 0.3) is 0 Å². The molecule has 2 saturated carbocycles. The lowest BCUT2D eigenvalue weighted by atomic mass is 9.80. The molecule has 2 heterocycles. The van der Waals surface area contributed by atoms with Gasteiger partial charge in [0, 0.05) is 24.7 Å². The molecule has 2 aliphatic heterocycles. The number of aliphatic hydroxyl groups is 8. The largest absolute Gasteiger partial charge is 0.395 e. The Labute approximate surface area is 255 Å². The second kappa shape index (κ2) is 15.9. The van der Waals surface area contributed by atoms with E-state index in [0.717, 1.165) is 12.8 Å². The molecule has 0 bridgehead atoms. The van der Waals surface area contributed by atoms with E-state index in [1.807, 2.05) is 0 Å². The van der Waals surface area contributed by atoms with E-state index in [9.17, 15) is 40.9 Å². The summed E-state index contributed by atoms with van der Waals surface area (Å²) in [5, 5.41) is 89.4. The molecule has 4 fully saturated rings. The Kier molecular flexibility index (Phi) is 13.1. The summed E-state index contributed by atoms with van der Waals surface area (Å²) in [4.78, 5) is 0. The first-order valence-electron chi connectivity index (χ1n) is 15.2. The summed E-state index contributed by atoms with van der Waals surface area (Å²) in [7, 11) is 0. The standard InChI is InChI=1S/C26H52N6O12/c27-4-14-19(37)21(39)17(31-5-9-1-10(28)2-9)25(41-14)43-23-12(29)3-13(32-11(6-33)7-34)24(22(23)40)44-26-20(38)16(30)18(36)15(8-35)42-26/h9-26,31-40H,1-8,27-30H2/t9?,10?,12-,13+,14+,15+,16-,17+,18+,19+,20+,21+,22-,23?,24-,25+,26+/m0/s1. The second-order valence-electron chi connectivity index (χ2n) is 12.5. The van der Waals surface area contributed by atoms with Crippen molar-refractivity contribution in [2.24, 2.45) is 28.9 Å². The van der Waals surface area contributed by atoms with E-state index in [2.05, 4.69) is 10.6 Å². The lowest BCUT2D eigenvalue weighted by Gasteiger charge is -2.50. The smallest absolute Gasteiger partial charge is 0.186 e. The van der Waals surface area contributed by atoms with Crippen molar-refractivity contribution in [3.05, 3.63) is 0 Å². The molecule has 1 unspecified atom stereocenters. The minimum atomic E-state index is -1.56. The van der Waals surface area contributed by atoms with Crippen LogP contribution in [0.2, 0.25) is 0 Å². The number of hydrogen-bond donors (Lipinski definition) is 14. The van der Waals surface area contributed by atoms with E-state index < -0.39 is 118 Å². The molecule has 18 nitrogen and oxygen atoms in total. The van der Waals surface area contributed by atoms with Crippen molar-refractivity contribution in [2.75, 3.05) is 32.9 Å². The number of hydrogen-bond acceptors (Lipinski definition) is 18. The lowest BCUT2D eigenvalue weighted by Crippen LogP contribution is -2.70. The fourth-order valence-electron chi connectivity index (χ4n) is 6.48. The Hall–Kier alpha value is -0.720. The van der Waals surface area contributed by atoms with E-state index in [1.165, 1.54) is 0 Å². The van der Waals surface area contributed by atoms with Gasteiger partial charge in [0.2, 0.25) is 0 Å². The molecule has 15 atom stereocenters. The van der Waals surface area contributed by atoms with Crippen LogP contribution in [0.25, 0.3) is 0 Å². The van der Waals surface area contributed by atoms with Crippen LogP contribution >= 0.6 is 0 Å². The van der Waals surface area contributed by atoms with Crippen LogP contribution < -0.4 is 33.6 Å². The molecular weight excluding hydrogens is 588 g/mol. The average molecular weight is 641 g/mol. The minimum Gasteiger partial charge on any atom is -0.395 e. The van der Waals surface area contributed by atoms with Crippen LogP contribution in [0.4, 0.5) is 0 Å². The summed E-state index contributed by atoms with van der Waals surface area (Å²) in [5.41, 5.74) is 24.1.